The standard InChI is InChI=1S/C19H22F3N3O3S/c1-29(27,28)25-18(26)10-12-2-4-13(5-3-12)14-6-8-15(9-7-14)16-11-17(24-23-16)19(20,21)22/h6-9,11-13H,2-5,10H2,1H3,(H,23,24)(H,25,26). The van der Waals surface area contributed by atoms with E-state index in [0.717, 1.165) is 43.6 Å². The van der Waals surface area contributed by atoms with Crippen LogP contribution >= 0.6 is 0 Å². The fraction of sp³-hybridized carbons (Fsp3) is 0.474. The SMILES string of the molecule is CS(=O)(=O)NC(=O)CC1CCC(c2ccc(-c3cc(C(F)(F)F)n[nH]3)cc2)CC1. The summed E-state index contributed by atoms with van der Waals surface area (Å²) in [6, 6.07) is 8.35. The minimum atomic E-state index is -4.48. The van der Waals surface area contributed by atoms with Crippen LogP contribution < -0.4 is 4.72 Å². The number of benzene rings is 1. The topological polar surface area (TPSA) is 91.9 Å². The van der Waals surface area contributed by atoms with Crippen molar-refractivity contribution in [2.24, 2.45) is 5.92 Å². The first kappa shape index (κ1) is 21.4. The Hall–Kier alpha value is -2.36. The highest BCUT2D eigenvalue weighted by Gasteiger charge is 2.34. The molecule has 0 radical (unpaired) electrons. The Morgan fingerprint density at radius 3 is 2.31 bits per heavy atom. The Balaban J connectivity index is 1.56. The van der Waals surface area contributed by atoms with Crippen molar-refractivity contribution in [2.75, 3.05) is 6.26 Å². The first-order valence-electron chi connectivity index (χ1n) is 9.25. The van der Waals surface area contributed by atoms with E-state index in [0.29, 0.717) is 17.2 Å². The van der Waals surface area contributed by atoms with Crippen molar-refractivity contribution in [3.05, 3.63) is 41.6 Å². The Kier molecular flexibility index (Phi) is 6.02. The van der Waals surface area contributed by atoms with E-state index in [-0.39, 0.29) is 12.3 Å². The van der Waals surface area contributed by atoms with Crippen LogP contribution in [0.25, 0.3) is 11.3 Å². The van der Waals surface area contributed by atoms with Gasteiger partial charge in [0.25, 0.3) is 0 Å². The third-order valence-electron chi connectivity index (χ3n) is 5.18. The number of rotatable bonds is 5. The smallest absolute Gasteiger partial charge is 0.277 e. The molecule has 29 heavy (non-hydrogen) atoms. The minimum Gasteiger partial charge on any atom is -0.277 e. The van der Waals surface area contributed by atoms with Crippen molar-refractivity contribution in [3.8, 4) is 11.3 Å². The number of hydrogen-bond donors (Lipinski definition) is 2. The van der Waals surface area contributed by atoms with Gasteiger partial charge in [-0.15, -0.1) is 0 Å². The second kappa shape index (κ2) is 8.17. The fourth-order valence-electron chi connectivity index (χ4n) is 3.76. The van der Waals surface area contributed by atoms with Crippen LogP contribution in [0.1, 0.15) is 49.3 Å². The molecule has 0 spiro atoms. The average molecular weight is 429 g/mol. The number of halogens is 3. The van der Waals surface area contributed by atoms with E-state index in [1.54, 1.807) is 12.1 Å². The summed E-state index contributed by atoms with van der Waals surface area (Å²) in [5, 5.41) is 5.73. The van der Waals surface area contributed by atoms with Crippen LogP contribution in [0.15, 0.2) is 30.3 Å². The van der Waals surface area contributed by atoms with E-state index in [4.69, 9.17) is 0 Å². The Morgan fingerprint density at radius 2 is 1.79 bits per heavy atom. The van der Waals surface area contributed by atoms with Crippen molar-refractivity contribution in [1.82, 2.24) is 14.9 Å². The van der Waals surface area contributed by atoms with E-state index >= 15 is 0 Å². The van der Waals surface area contributed by atoms with Crippen LogP contribution in [0, 0.1) is 5.92 Å². The van der Waals surface area contributed by atoms with Crippen LogP contribution in [-0.2, 0) is 21.0 Å². The molecular formula is C19H22F3N3O3S. The van der Waals surface area contributed by atoms with Gasteiger partial charge >= 0.3 is 6.18 Å². The van der Waals surface area contributed by atoms with Gasteiger partial charge in [0.1, 0.15) is 0 Å². The lowest BCUT2D eigenvalue weighted by Crippen LogP contribution is -2.31. The summed E-state index contributed by atoms with van der Waals surface area (Å²) in [5.41, 5.74) is 1.09. The third kappa shape index (κ3) is 5.81. The van der Waals surface area contributed by atoms with Gasteiger partial charge in [-0.3, -0.25) is 14.6 Å². The van der Waals surface area contributed by atoms with Crippen molar-refractivity contribution in [2.45, 2.75) is 44.2 Å². The molecule has 0 saturated heterocycles. The second-order valence-electron chi connectivity index (χ2n) is 7.51. The second-order valence-corrected chi connectivity index (χ2v) is 9.25. The molecule has 1 heterocycles. The molecule has 1 aromatic carbocycles. The monoisotopic (exact) mass is 429 g/mol. The number of nitrogens with zero attached hydrogens (tertiary/aromatic N) is 1. The summed E-state index contributed by atoms with van der Waals surface area (Å²) in [7, 11) is -3.53. The van der Waals surface area contributed by atoms with Crippen LogP contribution in [-0.4, -0.2) is 30.8 Å². The van der Waals surface area contributed by atoms with E-state index in [2.05, 4.69) is 10.2 Å². The Bertz CT molecular complexity index is 961. The molecule has 1 amide bonds. The van der Waals surface area contributed by atoms with Crippen molar-refractivity contribution < 1.29 is 26.4 Å². The molecule has 1 saturated carbocycles. The summed E-state index contributed by atoms with van der Waals surface area (Å²) >= 11 is 0. The predicted octanol–water partition coefficient (Wildman–Crippen LogP) is 3.84. The lowest BCUT2D eigenvalue weighted by atomic mass is 9.77. The minimum absolute atomic E-state index is 0.151. The number of carbonyl (C=O) groups excluding carboxylic acids is 1. The van der Waals surface area contributed by atoms with Crippen LogP contribution in [0.5, 0.6) is 0 Å². The molecule has 3 rings (SSSR count). The molecule has 0 aliphatic heterocycles. The van der Waals surface area contributed by atoms with Crippen LogP contribution in [0.4, 0.5) is 13.2 Å². The number of amides is 1. The molecule has 1 fully saturated rings. The highest BCUT2D eigenvalue weighted by Crippen LogP contribution is 2.38. The van der Waals surface area contributed by atoms with Crippen molar-refractivity contribution in [1.29, 1.82) is 0 Å². The number of nitrogens with one attached hydrogen (secondary N) is 2. The molecule has 158 valence electrons. The van der Waals surface area contributed by atoms with Gasteiger partial charge in [0.2, 0.25) is 15.9 Å². The normalized spacial score (nSPS) is 20.4. The zero-order valence-corrected chi connectivity index (χ0v) is 16.6. The molecular weight excluding hydrogens is 407 g/mol. The van der Waals surface area contributed by atoms with Gasteiger partial charge in [-0.1, -0.05) is 24.3 Å². The molecule has 0 atom stereocenters. The van der Waals surface area contributed by atoms with Gasteiger partial charge < -0.3 is 0 Å². The van der Waals surface area contributed by atoms with Crippen LogP contribution in [0.2, 0.25) is 0 Å². The summed E-state index contributed by atoms with van der Waals surface area (Å²) in [5.74, 6) is -0.0121. The average Bonchev–Trinajstić information content (AvgIpc) is 3.11. The van der Waals surface area contributed by atoms with E-state index < -0.39 is 27.8 Å². The highest BCUT2D eigenvalue weighted by atomic mass is 32.2. The van der Waals surface area contributed by atoms with Gasteiger partial charge in [-0.05, 0) is 54.7 Å². The molecule has 0 bridgehead atoms. The number of sulfonamides is 1. The van der Waals surface area contributed by atoms with Crippen molar-refractivity contribution in [3.63, 3.8) is 0 Å². The van der Waals surface area contributed by atoms with E-state index in [1.165, 1.54) is 0 Å². The van der Waals surface area contributed by atoms with Crippen LogP contribution in [0.3, 0.4) is 0 Å². The number of aromatic nitrogens is 2. The van der Waals surface area contributed by atoms with E-state index in [9.17, 15) is 26.4 Å². The Morgan fingerprint density at radius 1 is 1.17 bits per heavy atom. The van der Waals surface area contributed by atoms with Gasteiger partial charge in [-0.25, -0.2) is 8.42 Å². The summed E-state index contributed by atoms with van der Waals surface area (Å²) in [6.07, 6.45) is 0.0549. The molecule has 1 aliphatic carbocycles. The Labute approximate surface area is 166 Å². The largest absolute Gasteiger partial charge is 0.435 e. The van der Waals surface area contributed by atoms with E-state index in [1.807, 2.05) is 16.9 Å². The first-order chi connectivity index (χ1) is 13.5. The zero-order chi connectivity index (χ0) is 21.2. The maximum Gasteiger partial charge on any atom is 0.435 e. The molecule has 1 aliphatic rings. The maximum atomic E-state index is 12.7. The zero-order valence-electron chi connectivity index (χ0n) is 15.8. The van der Waals surface area contributed by atoms with Crippen molar-refractivity contribution >= 4 is 15.9 Å². The lowest BCUT2D eigenvalue weighted by molar-refractivity contribution is -0.141. The number of alkyl halides is 3. The predicted molar refractivity (Wildman–Crippen MR) is 101 cm³/mol. The first-order valence-corrected chi connectivity index (χ1v) is 11.1. The van der Waals surface area contributed by atoms with Gasteiger partial charge in [-0.2, -0.15) is 18.3 Å². The quantitative estimate of drug-likeness (QED) is 0.756. The number of aromatic amines is 1. The number of H-pyrrole nitrogens is 1. The summed E-state index contributed by atoms with van der Waals surface area (Å²) in [6.45, 7) is 0. The molecule has 2 N–H and O–H groups in total. The highest BCUT2D eigenvalue weighted by molar-refractivity contribution is 7.89. The van der Waals surface area contributed by atoms with Gasteiger partial charge in [0.15, 0.2) is 5.69 Å². The molecule has 2 aromatic rings. The fourth-order valence-corrected chi connectivity index (χ4v) is 4.26. The molecule has 6 nitrogen and oxygen atoms in total. The summed E-state index contributed by atoms with van der Waals surface area (Å²) in [4.78, 5) is 11.7. The molecule has 1 aromatic heterocycles. The number of carbonyl (C=O) groups is 1. The van der Waals surface area contributed by atoms with Gasteiger partial charge in [0.05, 0.1) is 11.9 Å². The maximum absolute atomic E-state index is 12.7. The molecule has 10 heteroatoms. The van der Waals surface area contributed by atoms with Gasteiger partial charge in [0, 0.05) is 6.42 Å². The summed E-state index contributed by atoms with van der Waals surface area (Å²) < 4.78 is 62.2. The third-order valence-corrected chi connectivity index (χ3v) is 5.78. The lowest BCUT2D eigenvalue weighted by Gasteiger charge is -2.28. The number of hydrogen-bond acceptors (Lipinski definition) is 4. The molecule has 0 unspecified atom stereocenters.